The van der Waals surface area contributed by atoms with E-state index in [2.05, 4.69) is 4.90 Å². The lowest BCUT2D eigenvalue weighted by molar-refractivity contribution is -0.155. The van der Waals surface area contributed by atoms with Crippen LogP contribution in [0.4, 0.5) is 0 Å². The van der Waals surface area contributed by atoms with Gasteiger partial charge in [0.25, 0.3) is 0 Å². The summed E-state index contributed by atoms with van der Waals surface area (Å²) in [4.78, 5) is 13.8. The van der Waals surface area contributed by atoms with Crippen LogP contribution in [0.25, 0.3) is 0 Å². The van der Waals surface area contributed by atoms with E-state index in [9.17, 15) is 15.0 Å². The molecule has 5 nitrogen and oxygen atoms in total. The molecule has 104 valence electrons. The molecule has 1 saturated carbocycles. The van der Waals surface area contributed by atoms with Crippen LogP contribution in [0.5, 0.6) is 0 Å². The second-order valence-corrected chi connectivity index (χ2v) is 5.43. The fourth-order valence-corrected chi connectivity index (χ4v) is 3.53. The summed E-state index contributed by atoms with van der Waals surface area (Å²) in [6, 6.07) is -0.0142. The van der Waals surface area contributed by atoms with E-state index < -0.39 is 12.2 Å². The third-order valence-electron chi connectivity index (χ3n) is 4.46. The molecule has 0 bridgehead atoms. The van der Waals surface area contributed by atoms with Gasteiger partial charge in [-0.3, -0.25) is 9.69 Å². The molecule has 1 aliphatic carbocycles. The number of fused-ring (bicyclic) bond motifs is 1. The van der Waals surface area contributed by atoms with Crippen molar-refractivity contribution in [2.75, 3.05) is 20.2 Å². The second kappa shape index (κ2) is 5.55. The van der Waals surface area contributed by atoms with Gasteiger partial charge in [0, 0.05) is 12.6 Å². The van der Waals surface area contributed by atoms with Gasteiger partial charge in [-0.2, -0.15) is 0 Å². The zero-order valence-corrected chi connectivity index (χ0v) is 11.1. The summed E-state index contributed by atoms with van der Waals surface area (Å²) < 4.78 is 4.83. The number of carbonyl (C=O) groups is 1. The Morgan fingerprint density at radius 3 is 2.72 bits per heavy atom. The predicted octanol–water partition coefficient (Wildman–Crippen LogP) is 0.00160. The van der Waals surface area contributed by atoms with Crippen molar-refractivity contribution in [3.63, 3.8) is 0 Å². The molecule has 0 amide bonds. The summed E-state index contributed by atoms with van der Waals surface area (Å²) in [6.07, 6.45) is 0.926. The van der Waals surface area contributed by atoms with Crippen LogP contribution in [0.15, 0.2) is 0 Å². The van der Waals surface area contributed by atoms with Gasteiger partial charge in [-0.25, -0.2) is 0 Å². The van der Waals surface area contributed by atoms with Crippen LogP contribution in [0, 0.1) is 11.8 Å². The Balaban J connectivity index is 2.13. The Labute approximate surface area is 108 Å². The minimum absolute atomic E-state index is 0.0142. The maximum Gasteiger partial charge on any atom is 0.309 e. The molecule has 1 aliphatic heterocycles. The van der Waals surface area contributed by atoms with Crippen LogP contribution < -0.4 is 0 Å². The summed E-state index contributed by atoms with van der Waals surface area (Å²) >= 11 is 0. The standard InChI is InChI=1S/C13H23NO4/c1-3-14-7-9(13(17)18-2)6-8-4-5-10(15)12(16)11(8)14/h8-12,15-16H,3-7H2,1-2H3/t8-,9+,10+,11+,12+/m1/s1. The molecule has 0 unspecified atom stereocenters. The number of likely N-dealkylation sites (N-methyl/N-ethyl adjacent to an activating group) is 1. The Hall–Kier alpha value is -0.650. The van der Waals surface area contributed by atoms with Crippen LogP contribution in [0.3, 0.4) is 0 Å². The summed E-state index contributed by atoms with van der Waals surface area (Å²) in [5.74, 6) is 0.0207. The largest absolute Gasteiger partial charge is 0.469 e. The van der Waals surface area contributed by atoms with E-state index >= 15 is 0 Å². The summed E-state index contributed by atoms with van der Waals surface area (Å²) in [6.45, 7) is 3.41. The van der Waals surface area contributed by atoms with Crippen LogP contribution in [-0.4, -0.2) is 59.5 Å². The van der Waals surface area contributed by atoms with Gasteiger partial charge in [0.2, 0.25) is 0 Å². The molecule has 0 radical (unpaired) electrons. The minimum atomic E-state index is -0.692. The van der Waals surface area contributed by atoms with E-state index in [0.717, 1.165) is 19.4 Å². The molecule has 5 atom stereocenters. The van der Waals surface area contributed by atoms with Crippen LogP contribution in [0.1, 0.15) is 26.2 Å². The Kier molecular flexibility index (Phi) is 4.25. The van der Waals surface area contributed by atoms with Crippen molar-refractivity contribution in [3.05, 3.63) is 0 Å². The van der Waals surface area contributed by atoms with Crippen LogP contribution in [0.2, 0.25) is 0 Å². The Bertz CT molecular complexity index is 301. The molecule has 2 rings (SSSR count). The molecular formula is C13H23NO4. The van der Waals surface area contributed by atoms with Gasteiger partial charge >= 0.3 is 5.97 Å². The van der Waals surface area contributed by atoms with Gasteiger partial charge < -0.3 is 14.9 Å². The first-order valence-electron chi connectivity index (χ1n) is 6.76. The normalized spacial score (nSPS) is 41.2. The molecule has 5 heteroatoms. The summed E-state index contributed by atoms with van der Waals surface area (Å²) in [5, 5.41) is 19.9. The van der Waals surface area contributed by atoms with Gasteiger partial charge in [0.05, 0.1) is 25.2 Å². The molecule has 0 aromatic carbocycles. The van der Waals surface area contributed by atoms with Gasteiger partial charge in [-0.15, -0.1) is 0 Å². The summed E-state index contributed by atoms with van der Waals surface area (Å²) in [7, 11) is 1.42. The highest BCUT2D eigenvalue weighted by molar-refractivity contribution is 5.72. The van der Waals surface area contributed by atoms with Crippen molar-refractivity contribution < 1.29 is 19.7 Å². The number of aliphatic hydroxyl groups is 2. The number of aliphatic hydroxyl groups excluding tert-OH is 2. The highest BCUT2D eigenvalue weighted by Gasteiger charge is 2.46. The average molecular weight is 257 g/mol. The second-order valence-electron chi connectivity index (χ2n) is 5.43. The molecule has 1 saturated heterocycles. The number of likely N-dealkylation sites (tertiary alicyclic amines) is 1. The number of methoxy groups -OCH3 is 1. The third-order valence-corrected chi connectivity index (χ3v) is 4.46. The van der Waals surface area contributed by atoms with Gasteiger partial charge in [0.1, 0.15) is 0 Å². The topological polar surface area (TPSA) is 70.0 Å². The van der Waals surface area contributed by atoms with Gasteiger partial charge in [0.15, 0.2) is 0 Å². The lowest BCUT2D eigenvalue weighted by atomic mass is 9.72. The highest BCUT2D eigenvalue weighted by Crippen LogP contribution is 2.38. The number of nitrogens with zero attached hydrogens (tertiary/aromatic N) is 1. The maximum atomic E-state index is 11.7. The first-order valence-corrected chi connectivity index (χ1v) is 6.76. The first-order chi connectivity index (χ1) is 8.58. The van der Waals surface area contributed by atoms with Crippen molar-refractivity contribution >= 4 is 5.97 Å². The molecule has 0 aromatic heterocycles. The van der Waals surface area contributed by atoms with Crippen molar-refractivity contribution in [1.29, 1.82) is 0 Å². The molecular weight excluding hydrogens is 234 g/mol. The minimum Gasteiger partial charge on any atom is -0.469 e. The molecule has 2 N–H and O–H groups in total. The van der Waals surface area contributed by atoms with Crippen LogP contribution in [-0.2, 0) is 9.53 Å². The van der Waals surface area contributed by atoms with E-state index in [0.29, 0.717) is 13.0 Å². The fraction of sp³-hybridized carbons (Fsp3) is 0.923. The molecule has 2 fully saturated rings. The lowest BCUT2D eigenvalue weighted by Gasteiger charge is -2.49. The SMILES string of the molecule is CCN1C[C@@H](C(=O)OC)C[C@H]2CC[C@H](O)[C@H](O)[C@H]21. The van der Waals surface area contributed by atoms with Gasteiger partial charge in [-0.1, -0.05) is 6.92 Å². The Morgan fingerprint density at radius 1 is 1.39 bits per heavy atom. The first kappa shape index (κ1) is 13.8. The van der Waals surface area contributed by atoms with E-state index in [4.69, 9.17) is 4.74 Å². The number of hydrogen-bond acceptors (Lipinski definition) is 5. The van der Waals surface area contributed by atoms with Gasteiger partial charge in [-0.05, 0) is 31.7 Å². The number of ether oxygens (including phenoxy) is 1. The monoisotopic (exact) mass is 257 g/mol. The number of hydrogen-bond donors (Lipinski definition) is 2. The van der Waals surface area contributed by atoms with Crippen molar-refractivity contribution in [1.82, 2.24) is 4.90 Å². The lowest BCUT2D eigenvalue weighted by Crippen LogP contribution is -2.60. The van der Waals surface area contributed by atoms with E-state index in [1.54, 1.807) is 0 Å². The number of carbonyl (C=O) groups excluding carboxylic acids is 1. The third kappa shape index (κ3) is 2.39. The zero-order valence-electron chi connectivity index (χ0n) is 11.1. The summed E-state index contributed by atoms with van der Waals surface area (Å²) in [5.41, 5.74) is 0. The number of rotatable bonds is 2. The molecule has 18 heavy (non-hydrogen) atoms. The van der Waals surface area contributed by atoms with E-state index in [1.807, 2.05) is 6.92 Å². The van der Waals surface area contributed by atoms with Crippen molar-refractivity contribution in [2.24, 2.45) is 11.8 Å². The fourth-order valence-electron chi connectivity index (χ4n) is 3.53. The Morgan fingerprint density at radius 2 is 2.11 bits per heavy atom. The quantitative estimate of drug-likeness (QED) is 0.682. The molecule has 1 heterocycles. The zero-order chi connectivity index (χ0) is 13.3. The van der Waals surface area contributed by atoms with Crippen molar-refractivity contribution in [2.45, 2.75) is 44.4 Å². The molecule has 2 aliphatic rings. The van der Waals surface area contributed by atoms with E-state index in [1.165, 1.54) is 7.11 Å². The molecule has 0 spiro atoms. The van der Waals surface area contributed by atoms with Crippen LogP contribution >= 0.6 is 0 Å². The molecule has 0 aromatic rings. The van der Waals surface area contributed by atoms with Crippen molar-refractivity contribution in [3.8, 4) is 0 Å². The average Bonchev–Trinajstić information content (AvgIpc) is 2.40. The number of piperidine rings is 1. The smallest absolute Gasteiger partial charge is 0.309 e. The highest BCUT2D eigenvalue weighted by atomic mass is 16.5. The maximum absolute atomic E-state index is 11.7. The predicted molar refractivity (Wildman–Crippen MR) is 65.9 cm³/mol. The van der Waals surface area contributed by atoms with E-state index in [-0.39, 0.29) is 23.8 Å². The number of esters is 1.